The summed E-state index contributed by atoms with van der Waals surface area (Å²) in [5.74, 6) is 1.22. The number of rotatable bonds is 3. The quantitative estimate of drug-likeness (QED) is 0.791. The van der Waals surface area contributed by atoms with Gasteiger partial charge in [-0.25, -0.2) is 4.68 Å². The van der Waals surface area contributed by atoms with Crippen LogP contribution in [0.15, 0.2) is 27.6 Å². The van der Waals surface area contributed by atoms with Gasteiger partial charge in [0, 0.05) is 18.2 Å². The smallest absolute Gasteiger partial charge is 0.291 e. The van der Waals surface area contributed by atoms with E-state index in [9.17, 15) is 9.59 Å². The fourth-order valence-electron chi connectivity index (χ4n) is 3.75. The second-order valence-corrected chi connectivity index (χ2v) is 7.07. The number of aromatic nitrogens is 3. The molecular formula is C18H22N4O3. The zero-order valence-corrected chi connectivity index (χ0v) is 14.5. The normalized spacial score (nSPS) is 21.0. The molecule has 1 aliphatic rings. The van der Waals surface area contributed by atoms with E-state index < -0.39 is 0 Å². The summed E-state index contributed by atoms with van der Waals surface area (Å²) >= 11 is 0. The number of carbonyl (C=O) groups excluding carboxylic acids is 1. The van der Waals surface area contributed by atoms with E-state index in [0.717, 1.165) is 37.1 Å². The molecule has 132 valence electrons. The molecule has 0 radical (unpaired) electrons. The van der Waals surface area contributed by atoms with Crippen molar-refractivity contribution in [2.45, 2.75) is 52.1 Å². The van der Waals surface area contributed by atoms with Gasteiger partial charge in [0.15, 0.2) is 5.58 Å². The summed E-state index contributed by atoms with van der Waals surface area (Å²) in [7, 11) is 0. The monoisotopic (exact) mass is 342 g/mol. The molecule has 3 heterocycles. The van der Waals surface area contributed by atoms with Gasteiger partial charge >= 0.3 is 0 Å². The van der Waals surface area contributed by atoms with Crippen LogP contribution in [0.5, 0.6) is 0 Å². The summed E-state index contributed by atoms with van der Waals surface area (Å²) in [5, 5.41) is 7.35. The molecule has 0 aliphatic heterocycles. The van der Waals surface area contributed by atoms with Gasteiger partial charge in [-0.15, -0.1) is 0 Å². The summed E-state index contributed by atoms with van der Waals surface area (Å²) in [6.45, 7) is 4.00. The molecule has 7 nitrogen and oxygen atoms in total. The number of amides is 1. The predicted octanol–water partition coefficient (Wildman–Crippen LogP) is 2.25. The van der Waals surface area contributed by atoms with Crippen LogP contribution in [0.3, 0.4) is 0 Å². The Morgan fingerprint density at radius 3 is 2.84 bits per heavy atom. The van der Waals surface area contributed by atoms with Crippen LogP contribution in [-0.4, -0.2) is 26.1 Å². The largest absolute Gasteiger partial charge is 0.463 e. The lowest BCUT2D eigenvalue weighted by Crippen LogP contribution is -2.41. The molecule has 0 aromatic carbocycles. The summed E-state index contributed by atoms with van der Waals surface area (Å²) < 4.78 is 8.37. The van der Waals surface area contributed by atoms with Crippen molar-refractivity contribution in [3.05, 3.63) is 34.6 Å². The van der Waals surface area contributed by atoms with E-state index in [1.807, 2.05) is 6.92 Å². The van der Waals surface area contributed by atoms with Crippen molar-refractivity contribution in [2.75, 3.05) is 0 Å². The van der Waals surface area contributed by atoms with Gasteiger partial charge in [-0.05, 0) is 38.5 Å². The first-order valence-corrected chi connectivity index (χ1v) is 8.78. The van der Waals surface area contributed by atoms with Crippen LogP contribution in [-0.2, 0) is 11.3 Å². The van der Waals surface area contributed by atoms with E-state index in [4.69, 9.17) is 4.42 Å². The number of furan rings is 1. The van der Waals surface area contributed by atoms with E-state index in [1.165, 1.54) is 4.68 Å². The number of carbonyl (C=O) groups is 1. The first kappa shape index (κ1) is 15.9. The predicted molar refractivity (Wildman–Crippen MR) is 93.5 cm³/mol. The van der Waals surface area contributed by atoms with Crippen molar-refractivity contribution >= 4 is 22.5 Å². The summed E-state index contributed by atoms with van der Waals surface area (Å²) in [6, 6.07) is 3.71. The minimum Gasteiger partial charge on any atom is -0.463 e. The van der Waals surface area contributed by atoms with Crippen molar-refractivity contribution in [1.29, 1.82) is 0 Å². The Labute approximate surface area is 144 Å². The maximum absolute atomic E-state index is 12.7. The minimum atomic E-state index is -0.288. The first-order valence-electron chi connectivity index (χ1n) is 8.78. The first-order chi connectivity index (χ1) is 12.0. The highest BCUT2D eigenvalue weighted by molar-refractivity contribution is 5.82. The molecular weight excluding hydrogens is 320 g/mol. The molecule has 1 aliphatic carbocycles. The molecule has 1 amide bonds. The third kappa shape index (κ3) is 2.83. The maximum atomic E-state index is 12.7. The van der Waals surface area contributed by atoms with Crippen molar-refractivity contribution < 1.29 is 9.21 Å². The Morgan fingerprint density at radius 1 is 1.32 bits per heavy atom. The number of hydrogen-bond donors (Lipinski definition) is 1. The van der Waals surface area contributed by atoms with E-state index in [-0.39, 0.29) is 24.1 Å². The number of hydrogen-bond acceptors (Lipinski definition) is 4. The Kier molecular flexibility index (Phi) is 3.86. The third-order valence-corrected chi connectivity index (χ3v) is 5.14. The zero-order valence-electron chi connectivity index (χ0n) is 14.5. The fourth-order valence-corrected chi connectivity index (χ4v) is 3.75. The standard InChI is InChI=1S/C18H22N4O3/c1-11-3-5-13(6-4-11)19-17(23)10-21-18(24)15-9-16-14(7-8-25-16)22(15)12(2)20-21/h7-9,11,13H,3-6,10H2,1-2H3,(H,19,23). The van der Waals surface area contributed by atoms with E-state index in [2.05, 4.69) is 17.3 Å². The van der Waals surface area contributed by atoms with Crippen LogP contribution in [0.4, 0.5) is 0 Å². The van der Waals surface area contributed by atoms with Crippen LogP contribution in [0.2, 0.25) is 0 Å². The van der Waals surface area contributed by atoms with Crippen molar-refractivity contribution in [3.8, 4) is 0 Å². The molecule has 25 heavy (non-hydrogen) atoms. The highest BCUT2D eigenvalue weighted by atomic mass is 16.3. The van der Waals surface area contributed by atoms with Gasteiger partial charge in [0.2, 0.25) is 5.91 Å². The fraction of sp³-hybridized carbons (Fsp3) is 0.500. The van der Waals surface area contributed by atoms with Crippen LogP contribution < -0.4 is 10.9 Å². The molecule has 0 spiro atoms. The number of aryl methyl sites for hydroxylation is 1. The molecule has 7 heteroatoms. The molecule has 1 N–H and O–H groups in total. The molecule has 0 atom stereocenters. The highest BCUT2D eigenvalue weighted by Crippen LogP contribution is 2.23. The maximum Gasteiger partial charge on any atom is 0.291 e. The van der Waals surface area contributed by atoms with Gasteiger partial charge in [-0.1, -0.05) is 6.92 Å². The molecule has 0 saturated heterocycles. The Bertz CT molecular complexity index is 989. The summed E-state index contributed by atoms with van der Waals surface area (Å²) in [4.78, 5) is 25.0. The molecule has 3 aromatic rings. The van der Waals surface area contributed by atoms with E-state index in [0.29, 0.717) is 16.9 Å². The molecule has 1 fully saturated rings. The van der Waals surface area contributed by atoms with Gasteiger partial charge in [-0.3, -0.25) is 14.0 Å². The Morgan fingerprint density at radius 2 is 2.08 bits per heavy atom. The average molecular weight is 342 g/mol. The number of nitrogens with one attached hydrogen (secondary N) is 1. The van der Waals surface area contributed by atoms with Crippen LogP contribution in [0.1, 0.15) is 38.4 Å². The second-order valence-electron chi connectivity index (χ2n) is 7.07. The number of nitrogens with zero attached hydrogens (tertiary/aromatic N) is 3. The molecule has 3 aromatic heterocycles. The van der Waals surface area contributed by atoms with Gasteiger partial charge in [0.1, 0.15) is 17.9 Å². The third-order valence-electron chi connectivity index (χ3n) is 5.14. The topological polar surface area (TPSA) is 81.5 Å². The summed E-state index contributed by atoms with van der Waals surface area (Å²) in [6.07, 6.45) is 5.86. The van der Waals surface area contributed by atoms with E-state index in [1.54, 1.807) is 22.8 Å². The van der Waals surface area contributed by atoms with Gasteiger partial charge < -0.3 is 9.73 Å². The zero-order chi connectivity index (χ0) is 17.6. The van der Waals surface area contributed by atoms with E-state index >= 15 is 0 Å². The lowest BCUT2D eigenvalue weighted by atomic mass is 9.87. The highest BCUT2D eigenvalue weighted by Gasteiger charge is 2.21. The minimum absolute atomic E-state index is 0.0607. The van der Waals surface area contributed by atoms with Crippen molar-refractivity contribution in [3.63, 3.8) is 0 Å². The second kappa shape index (κ2) is 6.06. The molecule has 1 saturated carbocycles. The van der Waals surface area contributed by atoms with Gasteiger partial charge in [0.05, 0.1) is 11.8 Å². The van der Waals surface area contributed by atoms with Crippen LogP contribution >= 0.6 is 0 Å². The SMILES string of the molecule is Cc1nn(CC(=O)NC2CCC(C)CC2)c(=O)c2cc3occc3n12. The van der Waals surface area contributed by atoms with Crippen LogP contribution in [0.25, 0.3) is 16.6 Å². The van der Waals surface area contributed by atoms with Gasteiger partial charge in [-0.2, -0.15) is 5.10 Å². The Balaban J connectivity index is 1.58. The van der Waals surface area contributed by atoms with Gasteiger partial charge in [0.25, 0.3) is 5.56 Å². The molecule has 0 unspecified atom stereocenters. The summed E-state index contributed by atoms with van der Waals surface area (Å²) in [5.41, 5.74) is 1.64. The van der Waals surface area contributed by atoms with Crippen LogP contribution in [0, 0.1) is 12.8 Å². The molecule has 4 rings (SSSR count). The average Bonchev–Trinajstić information content (AvgIpc) is 3.15. The van der Waals surface area contributed by atoms with Crippen molar-refractivity contribution in [2.24, 2.45) is 5.92 Å². The van der Waals surface area contributed by atoms with Crippen molar-refractivity contribution in [1.82, 2.24) is 19.5 Å². The lowest BCUT2D eigenvalue weighted by Gasteiger charge is -2.26. The molecule has 0 bridgehead atoms. The lowest BCUT2D eigenvalue weighted by molar-refractivity contribution is -0.122. The number of fused-ring (bicyclic) bond motifs is 3. The Hall–Kier alpha value is -2.57.